The normalized spacial score (nSPS) is 29.4. The second-order valence-corrected chi connectivity index (χ2v) is 18.2. The smallest absolute Gasteiger partial charge is 0.192 e. The zero-order valence-electron chi connectivity index (χ0n) is 18.1. The monoisotopic (exact) mass is 398 g/mol. The molecule has 2 aliphatic rings. The van der Waals surface area contributed by atoms with Gasteiger partial charge >= 0.3 is 0 Å². The third-order valence-electron chi connectivity index (χ3n) is 7.97. The summed E-state index contributed by atoms with van der Waals surface area (Å²) in [4.78, 5) is 12.1. The molecule has 4 atom stereocenters. The van der Waals surface area contributed by atoms with E-state index in [-0.39, 0.29) is 0 Å². The van der Waals surface area contributed by atoms with Crippen LogP contribution in [-0.4, -0.2) is 35.1 Å². The number of carbonyl (C=O) groups is 1. The summed E-state index contributed by atoms with van der Waals surface area (Å²) in [5, 5.41) is 0. The number of ketones is 1. The van der Waals surface area contributed by atoms with Gasteiger partial charge in [0.2, 0.25) is 0 Å². The van der Waals surface area contributed by atoms with E-state index in [1.165, 1.54) is 36.3 Å². The predicted octanol–water partition coefficient (Wildman–Crippen LogP) is 6.01. The van der Waals surface area contributed by atoms with Gasteiger partial charge in [-0.05, 0) is 54.5 Å². The van der Waals surface area contributed by atoms with Crippen molar-refractivity contribution >= 4 is 22.4 Å². The number of hydrogen-bond donors (Lipinski definition) is 0. The number of fused-ring (bicyclic) bond motifs is 1. The lowest BCUT2D eigenvalue weighted by Crippen LogP contribution is -2.44. The second-order valence-electron chi connectivity index (χ2n) is 8.73. The highest BCUT2D eigenvalue weighted by molar-refractivity contribution is 6.74. The maximum absolute atomic E-state index is 12.1. The summed E-state index contributed by atoms with van der Waals surface area (Å²) in [6.07, 6.45) is 2.99. The van der Waals surface area contributed by atoms with Crippen LogP contribution in [-0.2, 0) is 13.6 Å². The largest absolute Gasteiger partial charge is 0.416 e. The first-order valence-corrected chi connectivity index (χ1v) is 16.3. The molecule has 2 rings (SSSR count). The van der Waals surface area contributed by atoms with Crippen LogP contribution in [0, 0.1) is 17.8 Å². The van der Waals surface area contributed by atoms with E-state index in [0.717, 1.165) is 25.9 Å². The summed E-state index contributed by atoms with van der Waals surface area (Å²) in [7, 11) is -3.21. The molecular formula is C21H42O3Si2. The molecule has 0 saturated heterocycles. The van der Waals surface area contributed by atoms with Crippen LogP contribution in [0.2, 0.25) is 36.3 Å². The summed E-state index contributed by atoms with van der Waals surface area (Å²) in [6.45, 7) is 14.7. The highest BCUT2D eigenvalue weighted by Gasteiger charge is 2.51. The lowest BCUT2D eigenvalue weighted by atomic mass is 9.92. The van der Waals surface area contributed by atoms with Crippen molar-refractivity contribution in [1.82, 2.24) is 0 Å². The van der Waals surface area contributed by atoms with Gasteiger partial charge in [-0.3, -0.25) is 4.79 Å². The van der Waals surface area contributed by atoms with E-state index in [2.05, 4.69) is 41.5 Å². The minimum atomic E-state index is -1.62. The molecule has 2 fully saturated rings. The van der Waals surface area contributed by atoms with Crippen LogP contribution >= 0.6 is 0 Å². The highest BCUT2D eigenvalue weighted by Crippen LogP contribution is 2.49. The third-order valence-corrected chi connectivity index (χ3v) is 17.3. The molecule has 152 valence electrons. The molecule has 0 spiro atoms. The van der Waals surface area contributed by atoms with E-state index < -0.39 is 16.6 Å². The quantitative estimate of drug-likeness (QED) is 0.400. The molecule has 5 heteroatoms. The average Bonchev–Trinajstić information content (AvgIpc) is 3.17. The van der Waals surface area contributed by atoms with E-state index in [1.54, 1.807) is 0 Å². The predicted molar refractivity (Wildman–Crippen MR) is 115 cm³/mol. The molecule has 0 radical (unpaired) electrons. The Hall–Kier alpha value is 0.0238. The molecule has 0 unspecified atom stereocenters. The molecule has 0 bridgehead atoms. The number of carbonyl (C=O) groups excluding carboxylic acids is 1. The van der Waals surface area contributed by atoms with Crippen molar-refractivity contribution in [1.29, 1.82) is 0 Å². The van der Waals surface area contributed by atoms with Crippen molar-refractivity contribution in [2.45, 2.75) is 103 Å². The lowest BCUT2D eigenvalue weighted by molar-refractivity contribution is -0.118. The fourth-order valence-corrected chi connectivity index (χ4v) is 11.1. The maximum atomic E-state index is 12.1. The average molecular weight is 399 g/mol. The van der Waals surface area contributed by atoms with Crippen LogP contribution in [0.3, 0.4) is 0 Å². The maximum Gasteiger partial charge on any atom is 0.192 e. The summed E-state index contributed by atoms with van der Waals surface area (Å²) < 4.78 is 13.7. The van der Waals surface area contributed by atoms with Crippen molar-refractivity contribution in [2.24, 2.45) is 17.8 Å². The van der Waals surface area contributed by atoms with Gasteiger partial charge in [-0.1, -0.05) is 41.5 Å². The van der Waals surface area contributed by atoms with E-state index in [9.17, 15) is 4.79 Å². The third kappa shape index (κ3) is 4.53. The van der Waals surface area contributed by atoms with Gasteiger partial charge < -0.3 is 8.85 Å². The lowest BCUT2D eigenvalue weighted by Gasteiger charge is -2.37. The molecule has 0 aromatic carbocycles. The van der Waals surface area contributed by atoms with Gasteiger partial charge in [0, 0.05) is 25.4 Å². The first-order chi connectivity index (χ1) is 12.4. The fourth-order valence-electron chi connectivity index (χ4n) is 5.48. The molecule has 0 aromatic rings. The molecular weight excluding hydrogens is 356 g/mol. The first kappa shape index (κ1) is 22.3. The molecule has 3 nitrogen and oxygen atoms in total. The Bertz CT molecular complexity index is 444. The van der Waals surface area contributed by atoms with Gasteiger partial charge in [-0.15, -0.1) is 0 Å². The Morgan fingerprint density at radius 3 is 1.88 bits per heavy atom. The molecule has 2 aliphatic carbocycles. The molecule has 0 amide bonds. The molecule has 0 N–H and O–H groups in total. The Morgan fingerprint density at radius 1 is 0.846 bits per heavy atom. The second kappa shape index (κ2) is 9.48. The van der Waals surface area contributed by atoms with Crippen LogP contribution in [0.25, 0.3) is 0 Å². The van der Waals surface area contributed by atoms with Crippen molar-refractivity contribution in [3.05, 3.63) is 0 Å². The zero-order chi connectivity index (χ0) is 19.4. The minimum absolute atomic E-state index is 0.335. The topological polar surface area (TPSA) is 35.5 Å². The van der Waals surface area contributed by atoms with E-state index in [1.807, 2.05) is 0 Å². The fraction of sp³-hybridized carbons (Fsp3) is 0.952. The van der Waals surface area contributed by atoms with E-state index in [4.69, 9.17) is 8.85 Å². The number of Topliss-reactive ketones (excluding diaryl/α,β-unsaturated/α-hetero) is 1. The number of rotatable bonds is 11. The zero-order valence-corrected chi connectivity index (χ0v) is 20.1. The van der Waals surface area contributed by atoms with Gasteiger partial charge in [0.1, 0.15) is 5.78 Å². The van der Waals surface area contributed by atoms with Crippen molar-refractivity contribution < 1.29 is 13.6 Å². The van der Waals surface area contributed by atoms with E-state index in [0.29, 0.717) is 29.6 Å². The van der Waals surface area contributed by atoms with Crippen LogP contribution in [0.1, 0.15) is 60.8 Å². The van der Waals surface area contributed by atoms with Gasteiger partial charge in [0.05, 0.1) is 6.10 Å². The summed E-state index contributed by atoms with van der Waals surface area (Å²) in [5.41, 5.74) is 0. The summed E-state index contributed by atoms with van der Waals surface area (Å²) in [6, 6.07) is 7.20. The first-order valence-electron chi connectivity index (χ1n) is 11.2. The summed E-state index contributed by atoms with van der Waals surface area (Å²) >= 11 is 0. The van der Waals surface area contributed by atoms with E-state index >= 15 is 0 Å². The van der Waals surface area contributed by atoms with Gasteiger partial charge in [0.25, 0.3) is 0 Å². The van der Waals surface area contributed by atoms with Gasteiger partial charge in [-0.2, -0.15) is 0 Å². The van der Waals surface area contributed by atoms with Crippen molar-refractivity contribution in [3.8, 4) is 0 Å². The van der Waals surface area contributed by atoms with Crippen LogP contribution < -0.4 is 0 Å². The summed E-state index contributed by atoms with van der Waals surface area (Å²) in [5.74, 6) is 1.99. The van der Waals surface area contributed by atoms with Crippen LogP contribution in [0.15, 0.2) is 0 Å². The molecule has 0 aliphatic heterocycles. The minimum Gasteiger partial charge on any atom is -0.416 e. The Kier molecular flexibility index (Phi) is 8.14. The van der Waals surface area contributed by atoms with Crippen molar-refractivity contribution in [3.63, 3.8) is 0 Å². The van der Waals surface area contributed by atoms with Gasteiger partial charge in [-0.25, -0.2) is 0 Å². The van der Waals surface area contributed by atoms with Crippen LogP contribution in [0.4, 0.5) is 0 Å². The molecule has 0 heterocycles. The SMILES string of the molecule is CC[Si](CC)(CC)OC[C@@H]1[C@H]2CC(=O)C[C@H]2C[C@H]1O[Si](CC)(CC)CC. The molecule has 2 saturated carbocycles. The Labute approximate surface area is 163 Å². The van der Waals surface area contributed by atoms with Crippen LogP contribution in [0.5, 0.6) is 0 Å². The number of hydrogen-bond acceptors (Lipinski definition) is 3. The molecule has 0 aromatic heterocycles. The molecule has 26 heavy (non-hydrogen) atoms. The standard InChI is InChI=1S/C21H42O3Si2/c1-7-25(8-2,9-3)23-16-20-19-15-18(22)13-17(19)14-21(20)24-26(10-4,11-5)12-6/h17,19-21H,7-16H2,1-6H3/t17-,19-,20+,21+/m0/s1. The Balaban J connectivity index is 2.15. The Morgan fingerprint density at radius 2 is 1.38 bits per heavy atom. The van der Waals surface area contributed by atoms with Crippen molar-refractivity contribution in [2.75, 3.05) is 6.61 Å². The highest BCUT2D eigenvalue weighted by atomic mass is 28.4. The van der Waals surface area contributed by atoms with Gasteiger partial charge in [0.15, 0.2) is 16.6 Å².